The molecule has 3 amide bonds. The molecule has 33 heavy (non-hydrogen) atoms. The van der Waals surface area contributed by atoms with E-state index in [2.05, 4.69) is 17.4 Å². The first-order chi connectivity index (χ1) is 16.0. The molecule has 0 saturated carbocycles. The van der Waals surface area contributed by atoms with E-state index in [0.29, 0.717) is 43.6 Å². The van der Waals surface area contributed by atoms with Crippen LogP contribution in [0, 0.1) is 5.82 Å². The Labute approximate surface area is 192 Å². The number of hydrogen-bond acceptors (Lipinski definition) is 4. The lowest BCUT2D eigenvalue weighted by Crippen LogP contribution is -2.62. The van der Waals surface area contributed by atoms with Crippen LogP contribution < -0.4 is 10.1 Å². The van der Waals surface area contributed by atoms with Gasteiger partial charge in [0.25, 0.3) is 0 Å². The number of amides is 3. The largest absolute Gasteiger partial charge is 0.457 e. The minimum Gasteiger partial charge on any atom is -0.457 e. The first-order valence-electron chi connectivity index (χ1n) is 11.5. The Morgan fingerprint density at radius 1 is 0.939 bits per heavy atom. The number of rotatable bonds is 3. The van der Waals surface area contributed by atoms with Gasteiger partial charge in [0.1, 0.15) is 23.9 Å². The SMILES string of the molecule is O=C1CO[C@H]2CCN(C(=O)N3CCC(c4ccc(Oc5ccc(F)cc5)cc4)CC3)C[C@H]2N1. The topological polar surface area (TPSA) is 71.1 Å². The number of ether oxygens (including phenoxy) is 2. The molecule has 2 aromatic carbocycles. The summed E-state index contributed by atoms with van der Waals surface area (Å²) in [5, 5.41) is 2.95. The molecule has 5 rings (SSSR count). The van der Waals surface area contributed by atoms with Gasteiger partial charge in [0.2, 0.25) is 5.91 Å². The van der Waals surface area contributed by atoms with Gasteiger partial charge in [-0.05, 0) is 67.1 Å². The van der Waals surface area contributed by atoms with E-state index in [1.165, 1.54) is 17.7 Å². The number of carbonyl (C=O) groups excluding carboxylic acids is 2. The second-order valence-electron chi connectivity index (χ2n) is 8.93. The van der Waals surface area contributed by atoms with Crippen molar-refractivity contribution in [2.75, 3.05) is 32.8 Å². The summed E-state index contributed by atoms with van der Waals surface area (Å²) < 4.78 is 24.4. The lowest BCUT2D eigenvalue weighted by molar-refractivity contribution is -0.139. The van der Waals surface area contributed by atoms with Gasteiger partial charge in [-0.25, -0.2) is 9.18 Å². The minimum atomic E-state index is -0.290. The highest BCUT2D eigenvalue weighted by molar-refractivity contribution is 5.79. The molecule has 3 fully saturated rings. The van der Waals surface area contributed by atoms with E-state index in [4.69, 9.17) is 9.47 Å². The number of carbonyl (C=O) groups is 2. The summed E-state index contributed by atoms with van der Waals surface area (Å²) >= 11 is 0. The fourth-order valence-corrected chi connectivity index (χ4v) is 4.92. The third kappa shape index (κ3) is 4.95. The van der Waals surface area contributed by atoms with Crippen LogP contribution in [0.15, 0.2) is 48.5 Å². The van der Waals surface area contributed by atoms with Crippen molar-refractivity contribution in [1.29, 1.82) is 0 Å². The summed E-state index contributed by atoms with van der Waals surface area (Å²) in [6, 6.07) is 13.9. The van der Waals surface area contributed by atoms with Crippen LogP contribution in [0.3, 0.4) is 0 Å². The number of urea groups is 1. The molecule has 0 aromatic heterocycles. The van der Waals surface area contributed by atoms with Gasteiger partial charge in [-0.1, -0.05) is 12.1 Å². The van der Waals surface area contributed by atoms with Gasteiger partial charge >= 0.3 is 6.03 Å². The summed E-state index contributed by atoms with van der Waals surface area (Å²) in [5.74, 6) is 1.30. The first-order valence-corrected chi connectivity index (χ1v) is 11.5. The van der Waals surface area contributed by atoms with Crippen molar-refractivity contribution >= 4 is 11.9 Å². The third-order valence-electron chi connectivity index (χ3n) is 6.76. The van der Waals surface area contributed by atoms with Crippen LogP contribution >= 0.6 is 0 Å². The monoisotopic (exact) mass is 453 g/mol. The maximum Gasteiger partial charge on any atom is 0.320 e. The quantitative estimate of drug-likeness (QED) is 0.772. The van der Waals surface area contributed by atoms with Crippen LogP contribution in [0.1, 0.15) is 30.7 Å². The molecule has 2 atom stereocenters. The fourth-order valence-electron chi connectivity index (χ4n) is 4.92. The summed E-state index contributed by atoms with van der Waals surface area (Å²) in [5.41, 5.74) is 1.23. The number of likely N-dealkylation sites (tertiary alicyclic amines) is 2. The molecule has 0 radical (unpaired) electrons. The maximum atomic E-state index is 13.0. The Hall–Kier alpha value is -3.13. The number of piperidine rings is 2. The molecule has 0 bridgehead atoms. The molecular weight excluding hydrogens is 425 g/mol. The van der Waals surface area contributed by atoms with Gasteiger partial charge in [0.15, 0.2) is 0 Å². The molecule has 1 N–H and O–H groups in total. The zero-order valence-electron chi connectivity index (χ0n) is 18.4. The van der Waals surface area contributed by atoms with Gasteiger partial charge in [0, 0.05) is 26.2 Å². The number of morpholine rings is 1. The van der Waals surface area contributed by atoms with E-state index < -0.39 is 0 Å². The molecule has 0 aliphatic carbocycles. The van der Waals surface area contributed by atoms with E-state index in [1.807, 2.05) is 21.9 Å². The second kappa shape index (κ2) is 9.39. The smallest absolute Gasteiger partial charge is 0.320 e. The Bertz CT molecular complexity index is 990. The highest BCUT2D eigenvalue weighted by Crippen LogP contribution is 2.31. The molecule has 0 unspecified atom stereocenters. The van der Waals surface area contributed by atoms with Gasteiger partial charge in [-0.3, -0.25) is 4.79 Å². The van der Waals surface area contributed by atoms with Crippen molar-refractivity contribution in [3.63, 3.8) is 0 Å². The molecule has 7 nitrogen and oxygen atoms in total. The average molecular weight is 454 g/mol. The average Bonchev–Trinajstić information content (AvgIpc) is 2.85. The van der Waals surface area contributed by atoms with Crippen LogP contribution in [0.4, 0.5) is 9.18 Å². The third-order valence-corrected chi connectivity index (χ3v) is 6.76. The standard InChI is InChI=1S/C25H28FN3O4/c26-19-3-7-21(8-4-19)33-20-5-1-17(2-6-20)18-9-12-28(13-10-18)25(31)29-14-11-23-22(15-29)27-24(30)16-32-23/h1-8,18,22-23H,9-16H2,(H,27,30)/t22-,23+/m1/s1. The van der Waals surface area contributed by atoms with Gasteiger partial charge < -0.3 is 24.6 Å². The highest BCUT2D eigenvalue weighted by atomic mass is 19.1. The van der Waals surface area contributed by atoms with Gasteiger partial charge in [-0.15, -0.1) is 0 Å². The molecular formula is C25H28FN3O4. The van der Waals surface area contributed by atoms with Crippen molar-refractivity contribution in [2.24, 2.45) is 0 Å². The Kier molecular flexibility index (Phi) is 6.17. The van der Waals surface area contributed by atoms with Crippen LogP contribution in [0.25, 0.3) is 0 Å². The summed E-state index contributed by atoms with van der Waals surface area (Å²) in [4.78, 5) is 28.4. The lowest BCUT2D eigenvalue weighted by Gasteiger charge is -2.43. The van der Waals surface area contributed by atoms with Crippen LogP contribution in [0.2, 0.25) is 0 Å². The molecule has 3 aliphatic rings. The van der Waals surface area contributed by atoms with Crippen molar-refractivity contribution in [2.45, 2.75) is 37.3 Å². The van der Waals surface area contributed by atoms with E-state index in [0.717, 1.165) is 19.3 Å². The Balaban J connectivity index is 1.13. The number of halogens is 1. The van der Waals surface area contributed by atoms with Gasteiger partial charge in [0.05, 0.1) is 12.1 Å². The zero-order valence-corrected chi connectivity index (χ0v) is 18.4. The normalized spacial score (nSPS) is 23.6. The number of benzene rings is 2. The van der Waals surface area contributed by atoms with Crippen molar-refractivity contribution < 1.29 is 23.5 Å². The Morgan fingerprint density at radius 3 is 2.27 bits per heavy atom. The van der Waals surface area contributed by atoms with Crippen LogP contribution in [-0.4, -0.2) is 66.7 Å². The van der Waals surface area contributed by atoms with E-state index in [1.54, 1.807) is 12.1 Å². The maximum absolute atomic E-state index is 13.0. The summed E-state index contributed by atoms with van der Waals surface area (Å²) in [6.07, 6.45) is 2.57. The molecule has 174 valence electrons. The van der Waals surface area contributed by atoms with Gasteiger partial charge in [-0.2, -0.15) is 0 Å². The predicted molar refractivity (Wildman–Crippen MR) is 120 cm³/mol. The lowest BCUT2D eigenvalue weighted by atomic mass is 9.89. The van der Waals surface area contributed by atoms with E-state index in [9.17, 15) is 14.0 Å². The van der Waals surface area contributed by atoms with Crippen LogP contribution in [-0.2, 0) is 9.53 Å². The van der Waals surface area contributed by atoms with Crippen molar-refractivity contribution in [1.82, 2.24) is 15.1 Å². The molecule has 3 aliphatic heterocycles. The summed E-state index contributed by atoms with van der Waals surface area (Å²) in [7, 11) is 0. The highest BCUT2D eigenvalue weighted by Gasteiger charge is 2.38. The summed E-state index contributed by atoms with van der Waals surface area (Å²) in [6.45, 7) is 2.70. The van der Waals surface area contributed by atoms with Crippen molar-refractivity contribution in [3.05, 3.63) is 59.9 Å². The minimum absolute atomic E-state index is 0.00694. The predicted octanol–water partition coefficient (Wildman–Crippen LogP) is 3.51. The molecule has 2 aromatic rings. The van der Waals surface area contributed by atoms with E-state index in [-0.39, 0.29) is 36.5 Å². The molecule has 3 heterocycles. The number of hydrogen-bond donors (Lipinski definition) is 1. The Morgan fingerprint density at radius 2 is 1.58 bits per heavy atom. The zero-order chi connectivity index (χ0) is 22.8. The molecule has 8 heteroatoms. The first kappa shape index (κ1) is 21.7. The fraction of sp³-hybridized carbons (Fsp3) is 0.440. The van der Waals surface area contributed by atoms with E-state index >= 15 is 0 Å². The molecule has 3 saturated heterocycles. The van der Waals surface area contributed by atoms with Crippen molar-refractivity contribution in [3.8, 4) is 11.5 Å². The number of nitrogens with one attached hydrogen (secondary N) is 1. The van der Waals surface area contributed by atoms with Crippen LogP contribution in [0.5, 0.6) is 11.5 Å². The second-order valence-corrected chi connectivity index (χ2v) is 8.93. The number of nitrogens with zero attached hydrogens (tertiary/aromatic N) is 2. The number of fused-ring (bicyclic) bond motifs is 1. The molecule has 0 spiro atoms.